The Kier molecular flexibility index (Phi) is 5.59. The first-order valence-corrected chi connectivity index (χ1v) is 9.50. The Labute approximate surface area is 145 Å². The molecule has 0 spiro atoms. The summed E-state index contributed by atoms with van der Waals surface area (Å²) in [6, 6.07) is 0. The normalized spacial score (nSPS) is 25.0. The number of carbonyl (C=O) groups is 1. The molecule has 1 saturated carbocycles. The Morgan fingerprint density at radius 1 is 1.33 bits per heavy atom. The van der Waals surface area contributed by atoms with Crippen LogP contribution in [0, 0.1) is 17.8 Å². The molecule has 0 bridgehead atoms. The standard InChI is InChI=1S/C19H31N3O2/c1-14(12-15-6-3-4-7-15)19(24)22-10-5-8-16(13-22)17(23)18-20-9-11-21(18)2/h9,11,14-17,23H,3-8,10,12-13H2,1-2H3. The Bertz CT molecular complexity index is 551. The molecule has 2 heterocycles. The van der Waals surface area contributed by atoms with Gasteiger partial charge in [-0.05, 0) is 25.2 Å². The van der Waals surface area contributed by atoms with E-state index in [9.17, 15) is 9.90 Å². The molecule has 1 amide bonds. The Morgan fingerprint density at radius 2 is 2.08 bits per heavy atom. The Balaban J connectivity index is 1.58. The van der Waals surface area contributed by atoms with Crippen LogP contribution in [-0.2, 0) is 11.8 Å². The van der Waals surface area contributed by atoms with E-state index in [1.807, 2.05) is 22.7 Å². The molecule has 5 nitrogen and oxygen atoms in total. The topological polar surface area (TPSA) is 58.4 Å². The van der Waals surface area contributed by atoms with E-state index in [1.165, 1.54) is 25.7 Å². The summed E-state index contributed by atoms with van der Waals surface area (Å²) in [5.74, 6) is 1.91. The highest BCUT2D eigenvalue weighted by molar-refractivity contribution is 5.78. The monoisotopic (exact) mass is 333 g/mol. The molecule has 1 aromatic heterocycles. The molecular formula is C19H31N3O2. The summed E-state index contributed by atoms with van der Waals surface area (Å²) >= 11 is 0. The van der Waals surface area contributed by atoms with Crippen molar-refractivity contribution in [3.8, 4) is 0 Å². The molecule has 1 aromatic rings. The van der Waals surface area contributed by atoms with E-state index in [0.717, 1.165) is 31.7 Å². The molecule has 24 heavy (non-hydrogen) atoms. The summed E-state index contributed by atoms with van der Waals surface area (Å²) in [6.45, 7) is 3.57. The van der Waals surface area contributed by atoms with Crippen LogP contribution in [-0.4, -0.2) is 38.6 Å². The van der Waals surface area contributed by atoms with Crippen LogP contribution in [0.4, 0.5) is 0 Å². The molecule has 1 aliphatic heterocycles. The minimum atomic E-state index is -0.592. The summed E-state index contributed by atoms with van der Waals surface area (Å²) in [4.78, 5) is 19.1. The van der Waals surface area contributed by atoms with Gasteiger partial charge in [-0.3, -0.25) is 4.79 Å². The maximum atomic E-state index is 12.8. The second-order valence-electron chi connectivity index (χ2n) is 7.81. The highest BCUT2D eigenvalue weighted by atomic mass is 16.3. The number of hydrogen-bond donors (Lipinski definition) is 1. The fourth-order valence-electron chi connectivity index (χ4n) is 4.50. The molecule has 1 aliphatic carbocycles. The summed E-state index contributed by atoms with van der Waals surface area (Å²) in [5.41, 5.74) is 0. The van der Waals surface area contributed by atoms with E-state index >= 15 is 0 Å². The lowest BCUT2D eigenvalue weighted by Gasteiger charge is -2.36. The van der Waals surface area contributed by atoms with Gasteiger partial charge in [0, 0.05) is 44.4 Å². The van der Waals surface area contributed by atoms with Crippen molar-refractivity contribution in [3.63, 3.8) is 0 Å². The van der Waals surface area contributed by atoms with Crippen LogP contribution in [0.2, 0.25) is 0 Å². The quantitative estimate of drug-likeness (QED) is 0.901. The average molecular weight is 333 g/mol. The Hall–Kier alpha value is -1.36. The molecule has 134 valence electrons. The molecule has 1 N–H and O–H groups in total. The van der Waals surface area contributed by atoms with Gasteiger partial charge in [-0.15, -0.1) is 0 Å². The third-order valence-corrected chi connectivity index (χ3v) is 5.92. The van der Waals surface area contributed by atoms with Crippen molar-refractivity contribution in [1.29, 1.82) is 0 Å². The largest absolute Gasteiger partial charge is 0.385 e. The van der Waals surface area contributed by atoms with Crippen LogP contribution in [0.15, 0.2) is 12.4 Å². The van der Waals surface area contributed by atoms with E-state index in [-0.39, 0.29) is 17.7 Å². The second-order valence-corrected chi connectivity index (χ2v) is 7.81. The molecule has 3 atom stereocenters. The Morgan fingerprint density at radius 3 is 2.75 bits per heavy atom. The highest BCUT2D eigenvalue weighted by Crippen LogP contribution is 2.33. The average Bonchev–Trinajstić information content (AvgIpc) is 3.25. The van der Waals surface area contributed by atoms with Crippen LogP contribution < -0.4 is 0 Å². The van der Waals surface area contributed by atoms with Crippen molar-refractivity contribution in [2.75, 3.05) is 13.1 Å². The lowest BCUT2D eigenvalue weighted by Crippen LogP contribution is -2.44. The smallest absolute Gasteiger partial charge is 0.225 e. The zero-order valence-corrected chi connectivity index (χ0v) is 15.0. The van der Waals surface area contributed by atoms with Crippen molar-refractivity contribution in [2.45, 2.75) is 58.0 Å². The summed E-state index contributed by atoms with van der Waals surface area (Å²) in [5, 5.41) is 10.7. The van der Waals surface area contributed by atoms with Gasteiger partial charge < -0.3 is 14.6 Å². The number of hydrogen-bond acceptors (Lipinski definition) is 3. The van der Waals surface area contributed by atoms with Gasteiger partial charge in [-0.1, -0.05) is 32.6 Å². The van der Waals surface area contributed by atoms with E-state index in [0.29, 0.717) is 12.4 Å². The van der Waals surface area contributed by atoms with E-state index in [2.05, 4.69) is 11.9 Å². The van der Waals surface area contributed by atoms with Gasteiger partial charge >= 0.3 is 0 Å². The molecule has 3 rings (SSSR count). The SMILES string of the molecule is CC(CC1CCCC1)C(=O)N1CCCC(C(O)c2nccn2C)C1. The molecule has 5 heteroatoms. The highest BCUT2D eigenvalue weighted by Gasteiger charge is 2.33. The van der Waals surface area contributed by atoms with Gasteiger partial charge in [0.1, 0.15) is 11.9 Å². The van der Waals surface area contributed by atoms with Gasteiger partial charge in [0.05, 0.1) is 0 Å². The summed E-state index contributed by atoms with van der Waals surface area (Å²) < 4.78 is 1.87. The van der Waals surface area contributed by atoms with Gasteiger partial charge in [-0.2, -0.15) is 0 Å². The van der Waals surface area contributed by atoms with Crippen molar-refractivity contribution >= 4 is 5.91 Å². The number of rotatable bonds is 5. The first-order chi connectivity index (χ1) is 11.6. The number of nitrogens with zero attached hydrogens (tertiary/aromatic N) is 3. The zero-order chi connectivity index (χ0) is 17.1. The lowest BCUT2D eigenvalue weighted by molar-refractivity contribution is -0.138. The van der Waals surface area contributed by atoms with Crippen LogP contribution >= 0.6 is 0 Å². The number of aryl methyl sites for hydroxylation is 1. The third-order valence-electron chi connectivity index (χ3n) is 5.92. The molecule has 0 aromatic carbocycles. The van der Waals surface area contributed by atoms with Gasteiger partial charge in [0.2, 0.25) is 5.91 Å². The predicted molar refractivity (Wildman–Crippen MR) is 93.2 cm³/mol. The number of aliphatic hydroxyl groups is 1. The molecular weight excluding hydrogens is 302 g/mol. The molecule has 3 unspecified atom stereocenters. The van der Waals surface area contributed by atoms with Crippen LogP contribution in [0.3, 0.4) is 0 Å². The van der Waals surface area contributed by atoms with E-state index in [1.54, 1.807) is 6.20 Å². The predicted octanol–water partition coefficient (Wildman–Crippen LogP) is 2.91. The van der Waals surface area contributed by atoms with Gasteiger partial charge in [0.25, 0.3) is 0 Å². The zero-order valence-electron chi connectivity index (χ0n) is 15.0. The van der Waals surface area contributed by atoms with E-state index in [4.69, 9.17) is 0 Å². The van der Waals surface area contributed by atoms with Crippen molar-refractivity contribution < 1.29 is 9.90 Å². The number of aromatic nitrogens is 2. The molecule has 0 radical (unpaired) electrons. The summed E-state index contributed by atoms with van der Waals surface area (Å²) in [6.07, 6.45) is 11.2. The van der Waals surface area contributed by atoms with Crippen LogP contribution in [0.5, 0.6) is 0 Å². The minimum absolute atomic E-state index is 0.0856. The van der Waals surface area contributed by atoms with Gasteiger partial charge in [-0.25, -0.2) is 4.98 Å². The second kappa shape index (κ2) is 7.68. The van der Waals surface area contributed by atoms with Crippen molar-refractivity contribution in [3.05, 3.63) is 18.2 Å². The van der Waals surface area contributed by atoms with Crippen LogP contribution in [0.25, 0.3) is 0 Å². The summed E-state index contributed by atoms with van der Waals surface area (Å²) in [7, 11) is 1.90. The van der Waals surface area contributed by atoms with Crippen molar-refractivity contribution in [2.24, 2.45) is 24.8 Å². The molecule has 1 saturated heterocycles. The minimum Gasteiger partial charge on any atom is -0.385 e. The third kappa shape index (κ3) is 3.82. The number of carbonyl (C=O) groups excluding carboxylic acids is 1. The lowest BCUT2D eigenvalue weighted by atomic mass is 9.89. The first kappa shape index (κ1) is 17.5. The fraction of sp³-hybridized carbons (Fsp3) is 0.789. The molecule has 2 fully saturated rings. The number of aliphatic hydroxyl groups excluding tert-OH is 1. The molecule has 2 aliphatic rings. The maximum absolute atomic E-state index is 12.8. The number of amides is 1. The number of likely N-dealkylation sites (tertiary alicyclic amines) is 1. The van der Waals surface area contributed by atoms with Gasteiger partial charge in [0.15, 0.2) is 0 Å². The number of piperidine rings is 1. The van der Waals surface area contributed by atoms with Crippen LogP contribution in [0.1, 0.15) is 63.8 Å². The maximum Gasteiger partial charge on any atom is 0.225 e. The first-order valence-electron chi connectivity index (χ1n) is 9.50. The fourth-order valence-corrected chi connectivity index (χ4v) is 4.50. The van der Waals surface area contributed by atoms with Crippen molar-refractivity contribution in [1.82, 2.24) is 14.5 Å². The number of imidazole rings is 1. The van der Waals surface area contributed by atoms with E-state index < -0.39 is 6.10 Å².